The predicted octanol–water partition coefficient (Wildman–Crippen LogP) is 5.92. The van der Waals surface area contributed by atoms with Crippen molar-refractivity contribution >= 4 is 34.8 Å². The van der Waals surface area contributed by atoms with Crippen LogP contribution in [0, 0.1) is 0 Å². The van der Waals surface area contributed by atoms with E-state index in [1.807, 2.05) is 85.8 Å². The van der Waals surface area contributed by atoms with Crippen molar-refractivity contribution in [2.24, 2.45) is 0 Å². The third-order valence-electron chi connectivity index (χ3n) is 3.96. The van der Waals surface area contributed by atoms with Crippen molar-refractivity contribution in [2.75, 3.05) is 11.9 Å². The summed E-state index contributed by atoms with van der Waals surface area (Å²) >= 11 is 6.28. The number of hydrogen-bond donors (Lipinski definition) is 1. The van der Waals surface area contributed by atoms with Crippen LogP contribution in [0.15, 0.2) is 78.9 Å². The van der Waals surface area contributed by atoms with Gasteiger partial charge in [-0.1, -0.05) is 60.1 Å². The number of carbonyl (C=O) groups is 1. The van der Waals surface area contributed by atoms with Crippen molar-refractivity contribution in [1.29, 1.82) is 0 Å². The highest BCUT2D eigenvalue weighted by molar-refractivity contribution is 6.34. The highest BCUT2D eigenvalue weighted by Crippen LogP contribution is 2.25. The van der Waals surface area contributed by atoms with E-state index in [0.717, 1.165) is 16.9 Å². The Bertz CT molecular complexity index is 934. The zero-order chi connectivity index (χ0) is 19.1. The molecule has 0 aliphatic carbocycles. The molecule has 0 aromatic heterocycles. The van der Waals surface area contributed by atoms with Crippen LogP contribution < -0.4 is 10.1 Å². The summed E-state index contributed by atoms with van der Waals surface area (Å²) < 4.78 is 5.44. The van der Waals surface area contributed by atoms with Gasteiger partial charge in [-0.2, -0.15) is 0 Å². The number of carbonyl (C=O) groups excluding carboxylic acids is 1. The second-order valence-corrected chi connectivity index (χ2v) is 6.26. The summed E-state index contributed by atoms with van der Waals surface area (Å²) in [6.45, 7) is 2.53. The Morgan fingerprint density at radius 1 is 0.963 bits per heavy atom. The molecular weight excluding hydrogens is 358 g/mol. The number of rotatable bonds is 6. The van der Waals surface area contributed by atoms with Gasteiger partial charge in [0.25, 0.3) is 5.91 Å². The smallest absolute Gasteiger partial charge is 0.256 e. The molecule has 0 aliphatic heterocycles. The topological polar surface area (TPSA) is 38.3 Å². The lowest BCUT2D eigenvalue weighted by Gasteiger charge is -2.11. The van der Waals surface area contributed by atoms with Crippen LogP contribution in [-0.2, 0) is 4.79 Å². The third kappa shape index (κ3) is 4.99. The maximum atomic E-state index is 13.0. The van der Waals surface area contributed by atoms with Gasteiger partial charge in [-0.05, 0) is 54.5 Å². The van der Waals surface area contributed by atoms with Crippen molar-refractivity contribution in [2.45, 2.75) is 6.92 Å². The molecule has 0 saturated carbocycles. The van der Waals surface area contributed by atoms with Crippen LogP contribution in [0.5, 0.6) is 5.75 Å². The van der Waals surface area contributed by atoms with E-state index in [-0.39, 0.29) is 5.91 Å². The Morgan fingerprint density at radius 2 is 1.63 bits per heavy atom. The van der Waals surface area contributed by atoms with Crippen LogP contribution in [0.2, 0.25) is 5.02 Å². The van der Waals surface area contributed by atoms with Gasteiger partial charge in [0.2, 0.25) is 0 Å². The van der Waals surface area contributed by atoms with E-state index in [4.69, 9.17) is 16.3 Å². The highest BCUT2D eigenvalue weighted by atomic mass is 35.5. The molecule has 0 saturated heterocycles. The monoisotopic (exact) mass is 377 g/mol. The number of benzene rings is 3. The van der Waals surface area contributed by atoms with Gasteiger partial charge in [0, 0.05) is 16.3 Å². The maximum absolute atomic E-state index is 13.0. The van der Waals surface area contributed by atoms with Crippen molar-refractivity contribution in [3.05, 3.63) is 95.0 Å². The van der Waals surface area contributed by atoms with Crippen molar-refractivity contribution < 1.29 is 9.53 Å². The normalized spacial score (nSPS) is 11.1. The minimum absolute atomic E-state index is 0.203. The molecule has 0 heterocycles. The van der Waals surface area contributed by atoms with Gasteiger partial charge >= 0.3 is 0 Å². The molecule has 1 N–H and O–H groups in total. The minimum atomic E-state index is -0.203. The summed E-state index contributed by atoms with van der Waals surface area (Å²) in [6, 6.07) is 24.3. The molecule has 0 spiro atoms. The first-order chi connectivity index (χ1) is 13.2. The SMILES string of the molecule is CCOc1ccc(NC(=O)C(=Cc2ccccc2Cl)c2ccccc2)cc1. The quantitative estimate of drug-likeness (QED) is 0.428. The van der Waals surface area contributed by atoms with Gasteiger partial charge in [0.15, 0.2) is 0 Å². The standard InChI is InChI=1S/C23H20ClNO2/c1-2-27-20-14-12-19(13-15-20)25-23(26)21(17-8-4-3-5-9-17)16-18-10-6-7-11-22(18)24/h3-16H,2H2,1H3,(H,25,26). The van der Waals surface area contributed by atoms with Crippen molar-refractivity contribution in [3.8, 4) is 5.75 Å². The summed E-state index contributed by atoms with van der Waals surface area (Å²) in [6.07, 6.45) is 1.81. The molecule has 3 aromatic carbocycles. The Kier molecular flexibility index (Phi) is 6.29. The van der Waals surface area contributed by atoms with Crippen LogP contribution >= 0.6 is 11.6 Å². The number of nitrogens with one attached hydrogen (secondary N) is 1. The summed E-state index contributed by atoms with van der Waals surface area (Å²) in [4.78, 5) is 13.0. The highest BCUT2D eigenvalue weighted by Gasteiger charge is 2.13. The summed E-state index contributed by atoms with van der Waals surface area (Å²) in [5.74, 6) is 0.565. The van der Waals surface area contributed by atoms with Gasteiger partial charge in [0.1, 0.15) is 5.75 Å². The molecule has 0 aliphatic rings. The van der Waals surface area contributed by atoms with Crippen molar-refractivity contribution in [1.82, 2.24) is 0 Å². The maximum Gasteiger partial charge on any atom is 0.256 e. The van der Waals surface area contributed by atoms with E-state index < -0.39 is 0 Å². The molecule has 3 rings (SSSR count). The molecule has 0 unspecified atom stereocenters. The molecule has 0 radical (unpaired) electrons. The Morgan fingerprint density at radius 3 is 2.30 bits per heavy atom. The number of halogens is 1. The Hall–Kier alpha value is -3.04. The van der Waals surface area contributed by atoms with Gasteiger partial charge in [0.05, 0.1) is 6.61 Å². The second kappa shape index (κ2) is 9.06. The van der Waals surface area contributed by atoms with E-state index in [2.05, 4.69) is 5.32 Å². The molecule has 27 heavy (non-hydrogen) atoms. The fourth-order valence-electron chi connectivity index (χ4n) is 2.64. The average molecular weight is 378 g/mol. The Labute approximate surface area is 164 Å². The van der Waals surface area contributed by atoms with E-state index in [1.54, 1.807) is 6.07 Å². The molecule has 4 heteroatoms. The van der Waals surface area contributed by atoms with E-state index in [0.29, 0.717) is 22.9 Å². The van der Waals surface area contributed by atoms with Gasteiger partial charge in [-0.3, -0.25) is 4.79 Å². The van der Waals surface area contributed by atoms with Crippen LogP contribution in [-0.4, -0.2) is 12.5 Å². The van der Waals surface area contributed by atoms with Crippen LogP contribution in [0.4, 0.5) is 5.69 Å². The lowest BCUT2D eigenvalue weighted by molar-refractivity contribution is -0.111. The van der Waals surface area contributed by atoms with E-state index in [9.17, 15) is 4.79 Å². The molecule has 0 atom stereocenters. The fourth-order valence-corrected chi connectivity index (χ4v) is 2.84. The minimum Gasteiger partial charge on any atom is -0.494 e. The molecule has 0 fully saturated rings. The zero-order valence-electron chi connectivity index (χ0n) is 15.0. The number of hydrogen-bond acceptors (Lipinski definition) is 2. The zero-order valence-corrected chi connectivity index (χ0v) is 15.7. The van der Waals surface area contributed by atoms with Crippen LogP contribution in [0.3, 0.4) is 0 Å². The van der Waals surface area contributed by atoms with Crippen LogP contribution in [0.25, 0.3) is 11.6 Å². The van der Waals surface area contributed by atoms with Gasteiger partial charge in [-0.25, -0.2) is 0 Å². The number of amides is 1. The van der Waals surface area contributed by atoms with E-state index >= 15 is 0 Å². The Balaban J connectivity index is 1.91. The molecule has 1 amide bonds. The first-order valence-electron chi connectivity index (χ1n) is 8.73. The molecule has 3 aromatic rings. The lowest BCUT2D eigenvalue weighted by atomic mass is 10.0. The summed E-state index contributed by atoms with van der Waals surface area (Å²) in [7, 11) is 0. The molecule has 3 nitrogen and oxygen atoms in total. The molecule has 136 valence electrons. The van der Waals surface area contributed by atoms with Crippen LogP contribution in [0.1, 0.15) is 18.1 Å². The largest absolute Gasteiger partial charge is 0.494 e. The first-order valence-corrected chi connectivity index (χ1v) is 9.11. The number of ether oxygens (including phenoxy) is 1. The second-order valence-electron chi connectivity index (χ2n) is 5.86. The number of anilines is 1. The van der Waals surface area contributed by atoms with Gasteiger partial charge in [-0.15, -0.1) is 0 Å². The summed E-state index contributed by atoms with van der Waals surface area (Å²) in [5.41, 5.74) is 2.85. The van der Waals surface area contributed by atoms with Crippen molar-refractivity contribution in [3.63, 3.8) is 0 Å². The van der Waals surface area contributed by atoms with E-state index in [1.165, 1.54) is 0 Å². The molecular formula is C23H20ClNO2. The first kappa shape index (κ1) is 18.7. The summed E-state index contributed by atoms with van der Waals surface area (Å²) in [5, 5.41) is 3.54. The lowest BCUT2D eigenvalue weighted by Crippen LogP contribution is -2.13. The fraction of sp³-hybridized carbons (Fsp3) is 0.0870. The predicted molar refractivity (Wildman–Crippen MR) is 112 cm³/mol. The molecule has 0 bridgehead atoms. The van der Waals surface area contributed by atoms with Gasteiger partial charge < -0.3 is 10.1 Å². The average Bonchev–Trinajstić information content (AvgIpc) is 2.69. The third-order valence-corrected chi connectivity index (χ3v) is 4.30.